The minimum absolute atomic E-state index is 0. The highest BCUT2D eigenvalue weighted by molar-refractivity contribution is 5.88. The van der Waals surface area contributed by atoms with E-state index in [0.29, 0.717) is 6.61 Å². The predicted octanol–water partition coefficient (Wildman–Crippen LogP) is 10.5. The summed E-state index contributed by atoms with van der Waals surface area (Å²) in [6.07, 6.45) is 22.3. The van der Waals surface area contributed by atoms with Gasteiger partial charge in [-0.25, -0.2) is 0 Å². The highest BCUT2D eigenvalue weighted by atomic mass is 16.8. The summed E-state index contributed by atoms with van der Waals surface area (Å²) in [6, 6.07) is 0. The van der Waals surface area contributed by atoms with Crippen molar-refractivity contribution in [1.82, 2.24) is 0 Å². The topological polar surface area (TPSA) is 68.8 Å². The maximum absolute atomic E-state index is 5.55. The fourth-order valence-corrected chi connectivity index (χ4v) is 7.17. The zero-order valence-corrected chi connectivity index (χ0v) is 29.0. The molecule has 7 heteroatoms. The van der Waals surface area contributed by atoms with E-state index in [0.717, 1.165) is 46.8 Å². The van der Waals surface area contributed by atoms with E-state index in [-0.39, 0.29) is 27.8 Å². The lowest BCUT2D eigenvalue weighted by atomic mass is 9.71. The zero-order chi connectivity index (χ0) is 31.8. The number of rotatable bonds is 8. The molecular weight excluding hydrogens is 568 g/mol. The fraction of sp³-hybridized carbons (Fsp3) is 0.789. The van der Waals surface area contributed by atoms with Gasteiger partial charge in [-0.2, -0.15) is 0 Å². The van der Waals surface area contributed by atoms with Gasteiger partial charge in [-0.05, 0) is 77.4 Å². The number of hydrogen-bond donors (Lipinski definition) is 0. The summed E-state index contributed by atoms with van der Waals surface area (Å²) >= 11 is 0. The number of carbonyl (C=O) groups excluding carboxylic acids is 2. The van der Waals surface area contributed by atoms with Crippen molar-refractivity contribution in [2.75, 3.05) is 20.8 Å². The van der Waals surface area contributed by atoms with Gasteiger partial charge in [0.25, 0.3) is 0 Å². The van der Waals surface area contributed by atoms with Crippen molar-refractivity contribution in [1.29, 1.82) is 0 Å². The van der Waals surface area contributed by atoms with Gasteiger partial charge < -0.3 is 32.5 Å². The van der Waals surface area contributed by atoms with Crippen LogP contribution in [0, 0.1) is 36.6 Å². The van der Waals surface area contributed by atoms with Gasteiger partial charge in [0.15, 0.2) is 11.6 Å². The highest BCUT2D eigenvalue weighted by Crippen LogP contribution is 2.49. The van der Waals surface area contributed by atoms with E-state index in [1.54, 1.807) is 96.3 Å². The molecule has 0 aromatic carbocycles. The second kappa shape index (κ2) is 22.5. The molecular formula is C38H70O7. The van der Waals surface area contributed by atoms with Crippen LogP contribution in [-0.2, 0) is 32.5 Å². The second-order valence-electron chi connectivity index (χ2n) is 12.8. The minimum atomic E-state index is -0.470. The molecule has 2 aliphatic heterocycles. The van der Waals surface area contributed by atoms with Crippen molar-refractivity contribution in [3.8, 4) is 0 Å². The summed E-state index contributed by atoms with van der Waals surface area (Å²) in [5.74, 6) is 7.65. The van der Waals surface area contributed by atoms with Crippen molar-refractivity contribution in [2.24, 2.45) is 23.7 Å². The molecule has 0 atom stereocenters. The van der Waals surface area contributed by atoms with E-state index < -0.39 is 5.60 Å². The van der Waals surface area contributed by atoms with Crippen LogP contribution >= 0.6 is 0 Å². The number of allylic oxidation sites excluding steroid dienone is 4. The quantitative estimate of drug-likeness (QED) is 0.195. The van der Waals surface area contributed by atoms with E-state index in [1.165, 1.54) is 7.11 Å². The van der Waals surface area contributed by atoms with Gasteiger partial charge in [-0.15, -0.1) is 0 Å². The highest BCUT2D eigenvalue weighted by Gasteiger charge is 2.38. The Balaban J connectivity index is 0.000000629. The molecule has 0 unspecified atom stereocenters. The summed E-state index contributed by atoms with van der Waals surface area (Å²) in [6.45, 7) is 16.0. The molecule has 3 aliphatic carbocycles. The SMILES string of the molecule is C.C.C1CCC(C(C2CCCC2)C2CCCC2)C1.CC.COCC(C)(C)O[C-]1OC(C)=CC(C)=[O+]1.CO[C-]1OC(C)=CC(C)=[O+]1. The molecule has 264 valence electrons. The molecule has 45 heavy (non-hydrogen) atoms. The van der Waals surface area contributed by atoms with Crippen LogP contribution in [0.1, 0.15) is 147 Å². The summed E-state index contributed by atoms with van der Waals surface area (Å²) in [5, 5.41) is 0. The Morgan fingerprint density at radius 3 is 1.40 bits per heavy atom. The molecule has 5 aliphatic rings. The third-order valence-electron chi connectivity index (χ3n) is 8.64. The van der Waals surface area contributed by atoms with E-state index in [1.807, 2.05) is 55.4 Å². The lowest BCUT2D eigenvalue weighted by molar-refractivity contribution is -0.553. The number of ketones is 2. The van der Waals surface area contributed by atoms with E-state index >= 15 is 0 Å². The molecule has 0 aromatic heterocycles. The van der Waals surface area contributed by atoms with Crippen molar-refractivity contribution in [3.05, 3.63) is 36.6 Å². The first-order chi connectivity index (χ1) is 20.6. The van der Waals surface area contributed by atoms with Crippen LogP contribution in [0.2, 0.25) is 0 Å². The molecule has 0 bridgehead atoms. The van der Waals surface area contributed by atoms with E-state index in [9.17, 15) is 0 Å². The summed E-state index contributed by atoms with van der Waals surface area (Å²) in [5.41, 5.74) is -0.470. The van der Waals surface area contributed by atoms with Gasteiger partial charge in [0, 0.05) is 14.2 Å². The fourth-order valence-electron chi connectivity index (χ4n) is 7.17. The average Bonchev–Trinajstić information content (AvgIpc) is 3.75. The maximum Gasteiger partial charge on any atom is 0.509 e. The summed E-state index contributed by atoms with van der Waals surface area (Å²) in [7, 11) is 3.13. The largest absolute Gasteiger partial charge is 0.509 e. The van der Waals surface area contributed by atoms with Gasteiger partial charge in [0.2, 0.25) is 0 Å². The number of ether oxygens (including phenoxy) is 5. The van der Waals surface area contributed by atoms with Crippen molar-refractivity contribution >= 4 is 11.6 Å². The number of hydrogen-bond acceptors (Lipinski definition) is 5. The maximum atomic E-state index is 5.55. The first-order valence-electron chi connectivity index (χ1n) is 16.8. The van der Waals surface area contributed by atoms with Crippen molar-refractivity contribution in [2.45, 2.75) is 153 Å². The third kappa shape index (κ3) is 15.5. The van der Waals surface area contributed by atoms with Gasteiger partial charge in [-0.3, -0.25) is 0 Å². The van der Waals surface area contributed by atoms with Gasteiger partial charge in [-0.1, -0.05) is 106 Å². The molecule has 0 amide bonds. The smallest absolute Gasteiger partial charge is 0.455 e. The minimum Gasteiger partial charge on any atom is -0.455 e. The van der Waals surface area contributed by atoms with Crippen molar-refractivity contribution < 1.29 is 32.5 Å². The van der Waals surface area contributed by atoms with Gasteiger partial charge in [0.1, 0.15) is 0 Å². The van der Waals surface area contributed by atoms with Crippen LogP contribution in [0.5, 0.6) is 0 Å². The molecule has 3 saturated carbocycles. The van der Waals surface area contributed by atoms with Gasteiger partial charge in [0.05, 0.1) is 23.7 Å². The molecule has 7 nitrogen and oxygen atoms in total. The predicted molar refractivity (Wildman–Crippen MR) is 186 cm³/mol. The Bertz CT molecular complexity index is 863. The van der Waals surface area contributed by atoms with Crippen LogP contribution in [0.15, 0.2) is 23.7 Å². The molecule has 2 heterocycles. The van der Waals surface area contributed by atoms with Crippen LogP contribution in [-0.4, -0.2) is 38.0 Å². The van der Waals surface area contributed by atoms with Crippen LogP contribution < -0.4 is 0 Å². The number of methoxy groups -OCH3 is 2. The monoisotopic (exact) mass is 639 g/mol. The normalized spacial score (nSPS) is 20.3. The Kier molecular flexibility index (Phi) is 21.6. The molecule has 5 rings (SSSR count). The average molecular weight is 639 g/mol. The Labute approximate surface area is 277 Å². The standard InChI is InChI=1S/C16H28.C11H18O4.C7H10O3.C2H6.2CH4/c1-2-8-13(7-1)16(14-9-3-4-10-14)15-11-5-6-12-15;1-8-6-9(2)14-10(13-8)15-11(3,4)7-12-5;1-5-4-6(2)10-7(8-3)9-5;1-2;;/h13-16H,1-12H2;6H,7H2,1-5H3;4H,1-3H3;1-2H3;2*1H4. The summed E-state index contributed by atoms with van der Waals surface area (Å²) in [4.78, 5) is 0. The Hall–Kier alpha value is -1.96. The van der Waals surface area contributed by atoms with Crippen LogP contribution in [0.4, 0.5) is 0 Å². The van der Waals surface area contributed by atoms with Gasteiger partial charge >= 0.3 is 13.0 Å². The first kappa shape index (κ1) is 43.0. The molecule has 0 spiro atoms. The summed E-state index contributed by atoms with van der Waals surface area (Å²) < 4.78 is 35.9. The lowest BCUT2D eigenvalue weighted by Crippen LogP contribution is -2.34. The van der Waals surface area contributed by atoms with Crippen molar-refractivity contribution in [3.63, 3.8) is 0 Å². The van der Waals surface area contributed by atoms with Crippen LogP contribution in [0.3, 0.4) is 0 Å². The molecule has 0 N–H and O–H groups in total. The molecule has 0 aromatic rings. The lowest BCUT2D eigenvalue weighted by Gasteiger charge is -2.34. The molecule has 3 fully saturated rings. The van der Waals surface area contributed by atoms with Crippen LogP contribution in [0.25, 0.3) is 0 Å². The Morgan fingerprint density at radius 2 is 1.07 bits per heavy atom. The van der Waals surface area contributed by atoms with E-state index in [2.05, 4.69) is 0 Å². The molecule has 0 radical (unpaired) electrons. The van der Waals surface area contributed by atoms with E-state index in [4.69, 9.17) is 32.5 Å². The third-order valence-corrected chi connectivity index (χ3v) is 8.64. The first-order valence-corrected chi connectivity index (χ1v) is 16.8. The second-order valence-corrected chi connectivity index (χ2v) is 12.8. The zero-order valence-electron chi connectivity index (χ0n) is 29.0. The molecule has 0 saturated heterocycles. The Morgan fingerprint density at radius 1 is 0.711 bits per heavy atom.